The molecule has 0 spiro atoms. The van der Waals surface area contributed by atoms with E-state index in [0.717, 1.165) is 38.5 Å². The maximum absolute atomic E-state index is 11.7. The van der Waals surface area contributed by atoms with Crippen LogP contribution in [0.5, 0.6) is 0 Å². The van der Waals surface area contributed by atoms with E-state index in [9.17, 15) is 9.59 Å². The molecule has 0 aromatic carbocycles. The van der Waals surface area contributed by atoms with Gasteiger partial charge < -0.3 is 5.32 Å². The highest BCUT2D eigenvalue weighted by atomic mass is 16.1. The Morgan fingerprint density at radius 1 is 0.947 bits per heavy atom. The number of Topliss-reactive ketones (excluding diaryl/α,β-unsaturated/α-hetero) is 1. The molecule has 0 saturated carbocycles. The van der Waals surface area contributed by atoms with E-state index in [1.165, 1.54) is 0 Å². The van der Waals surface area contributed by atoms with Crippen molar-refractivity contribution < 1.29 is 9.59 Å². The third-order valence-corrected chi connectivity index (χ3v) is 4.30. The number of ketones is 1. The van der Waals surface area contributed by atoms with Crippen LogP contribution >= 0.6 is 0 Å². The molecule has 0 aliphatic rings. The summed E-state index contributed by atoms with van der Waals surface area (Å²) in [7, 11) is 1.70. The predicted octanol–water partition coefficient (Wildman–Crippen LogP) is 3.57. The van der Waals surface area contributed by atoms with Gasteiger partial charge in [-0.2, -0.15) is 0 Å². The van der Waals surface area contributed by atoms with Gasteiger partial charge in [0.2, 0.25) is 5.91 Å². The van der Waals surface area contributed by atoms with Gasteiger partial charge in [0.05, 0.1) is 0 Å². The lowest BCUT2D eigenvalue weighted by atomic mass is 9.83. The van der Waals surface area contributed by atoms with Gasteiger partial charge in [-0.25, -0.2) is 0 Å². The van der Waals surface area contributed by atoms with E-state index in [0.29, 0.717) is 11.7 Å². The molecule has 0 rings (SSSR count). The maximum atomic E-state index is 11.7. The summed E-state index contributed by atoms with van der Waals surface area (Å²) in [6.07, 6.45) is 5.87. The van der Waals surface area contributed by atoms with Crippen molar-refractivity contribution in [3.63, 3.8) is 0 Å². The van der Waals surface area contributed by atoms with Crippen LogP contribution < -0.4 is 5.32 Å². The van der Waals surface area contributed by atoms with Crippen LogP contribution in [-0.4, -0.2) is 18.7 Å². The van der Waals surface area contributed by atoms with E-state index in [1.807, 2.05) is 0 Å². The molecule has 0 aromatic heterocycles. The first-order valence-corrected chi connectivity index (χ1v) is 7.71. The Labute approximate surface area is 118 Å². The third-order valence-electron chi connectivity index (χ3n) is 4.30. The molecule has 3 heteroatoms. The van der Waals surface area contributed by atoms with Crippen molar-refractivity contribution in [3.05, 3.63) is 0 Å². The predicted molar refractivity (Wildman–Crippen MR) is 79.9 cm³/mol. The number of rotatable bonds is 10. The number of carbonyl (C=O) groups excluding carboxylic acids is 2. The molecule has 3 nitrogen and oxygen atoms in total. The van der Waals surface area contributed by atoms with Crippen LogP contribution in [0.25, 0.3) is 0 Å². The lowest BCUT2D eigenvalue weighted by Gasteiger charge is -2.22. The fourth-order valence-electron chi connectivity index (χ4n) is 2.67. The van der Waals surface area contributed by atoms with Crippen molar-refractivity contribution in [1.82, 2.24) is 5.32 Å². The standard InChI is InChI=1S/C16H31NO2/c1-6-13(11-15(8-3)12(4)18)9-10-14(7-2)16(19)17-5/h13-15H,6-11H2,1-5H3,(H,17,19). The first-order chi connectivity index (χ1) is 8.99. The SMILES string of the molecule is CCC(CCC(CC)C(=O)NC)CC(CC)C(C)=O. The molecule has 112 valence electrons. The zero-order chi connectivity index (χ0) is 14.8. The van der Waals surface area contributed by atoms with Gasteiger partial charge in [-0.05, 0) is 44.9 Å². The van der Waals surface area contributed by atoms with E-state index < -0.39 is 0 Å². The summed E-state index contributed by atoms with van der Waals surface area (Å²) in [4.78, 5) is 23.2. The van der Waals surface area contributed by atoms with Gasteiger partial charge in [-0.15, -0.1) is 0 Å². The van der Waals surface area contributed by atoms with Gasteiger partial charge in [0.25, 0.3) is 0 Å². The van der Waals surface area contributed by atoms with E-state index >= 15 is 0 Å². The summed E-state index contributed by atoms with van der Waals surface area (Å²) in [6.45, 7) is 8.02. The zero-order valence-corrected chi connectivity index (χ0v) is 13.3. The molecule has 0 aliphatic heterocycles. The zero-order valence-electron chi connectivity index (χ0n) is 13.3. The quantitative estimate of drug-likeness (QED) is 0.659. The molecule has 0 aliphatic carbocycles. The van der Waals surface area contributed by atoms with Crippen molar-refractivity contribution in [2.75, 3.05) is 7.05 Å². The molecule has 3 unspecified atom stereocenters. The van der Waals surface area contributed by atoms with Crippen LogP contribution in [0, 0.1) is 17.8 Å². The Kier molecular flexibility index (Phi) is 9.54. The average Bonchev–Trinajstić information content (AvgIpc) is 2.41. The van der Waals surface area contributed by atoms with Gasteiger partial charge in [0.15, 0.2) is 0 Å². The van der Waals surface area contributed by atoms with Crippen LogP contribution in [0.3, 0.4) is 0 Å². The molecule has 1 amide bonds. The van der Waals surface area contributed by atoms with Gasteiger partial charge in [0, 0.05) is 18.9 Å². The summed E-state index contributed by atoms with van der Waals surface area (Å²) in [5.74, 6) is 1.34. The molecule has 0 aromatic rings. The highest BCUT2D eigenvalue weighted by molar-refractivity contribution is 5.78. The molecular weight excluding hydrogens is 238 g/mol. The van der Waals surface area contributed by atoms with E-state index in [-0.39, 0.29) is 17.7 Å². The smallest absolute Gasteiger partial charge is 0.222 e. The summed E-state index contributed by atoms with van der Waals surface area (Å²) < 4.78 is 0. The van der Waals surface area contributed by atoms with Gasteiger partial charge in [-0.3, -0.25) is 9.59 Å². The van der Waals surface area contributed by atoms with Crippen LogP contribution in [0.2, 0.25) is 0 Å². The number of nitrogens with one attached hydrogen (secondary N) is 1. The highest BCUT2D eigenvalue weighted by Gasteiger charge is 2.20. The molecule has 0 bridgehead atoms. The number of amides is 1. The van der Waals surface area contributed by atoms with Gasteiger partial charge in [0.1, 0.15) is 5.78 Å². The van der Waals surface area contributed by atoms with Crippen molar-refractivity contribution in [1.29, 1.82) is 0 Å². The number of carbonyl (C=O) groups is 2. The molecule has 0 saturated heterocycles. The van der Waals surface area contributed by atoms with Crippen molar-refractivity contribution in [3.8, 4) is 0 Å². The second-order valence-corrected chi connectivity index (χ2v) is 5.52. The van der Waals surface area contributed by atoms with Gasteiger partial charge in [-0.1, -0.05) is 27.2 Å². The second kappa shape index (κ2) is 9.99. The summed E-state index contributed by atoms with van der Waals surface area (Å²) in [5.41, 5.74) is 0. The normalized spacial score (nSPS) is 15.6. The minimum atomic E-state index is 0.122. The fourth-order valence-corrected chi connectivity index (χ4v) is 2.67. The first-order valence-electron chi connectivity index (χ1n) is 7.71. The molecule has 0 fully saturated rings. The number of hydrogen-bond acceptors (Lipinski definition) is 2. The van der Waals surface area contributed by atoms with Crippen molar-refractivity contribution in [2.45, 2.75) is 66.2 Å². The monoisotopic (exact) mass is 269 g/mol. The maximum Gasteiger partial charge on any atom is 0.222 e. The average molecular weight is 269 g/mol. The summed E-state index contributed by atoms with van der Waals surface area (Å²) >= 11 is 0. The molecule has 3 atom stereocenters. The molecule has 1 N–H and O–H groups in total. The number of hydrogen-bond donors (Lipinski definition) is 1. The Hall–Kier alpha value is -0.860. The molecule has 0 heterocycles. The Balaban J connectivity index is 4.32. The lowest BCUT2D eigenvalue weighted by Crippen LogP contribution is -2.27. The molecule has 19 heavy (non-hydrogen) atoms. The van der Waals surface area contributed by atoms with Crippen molar-refractivity contribution in [2.24, 2.45) is 17.8 Å². The minimum Gasteiger partial charge on any atom is -0.359 e. The highest BCUT2D eigenvalue weighted by Crippen LogP contribution is 2.26. The Morgan fingerprint density at radius 2 is 1.53 bits per heavy atom. The van der Waals surface area contributed by atoms with E-state index in [1.54, 1.807) is 14.0 Å². The van der Waals surface area contributed by atoms with Crippen LogP contribution in [0.4, 0.5) is 0 Å². The van der Waals surface area contributed by atoms with Crippen molar-refractivity contribution >= 4 is 11.7 Å². The van der Waals surface area contributed by atoms with Crippen LogP contribution in [0.15, 0.2) is 0 Å². The van der Waals surface area contributed by atoms with Crippen LogP contribution in [-0.2, 0) is 9.59 Å². The minimum absolute atomic E-state index is 0.122. The van der Waals surface area contributed by atoms with Gasteiger partial charge >= 0.3 is 0 Å². The Morgan fingerprint density at radius 3 is 1.89 bits per heavy atom. The van der Waals surface area contributed by atoms with E-state index in [2.05, 4.69) is 26.1 Å². The molecular formula is C16H31NO2. The second-order valence-electron chi connectivity index (χ2n) is 5.52. The summed E-state index contributed by atoms with van der Waals surface area (Å²) in [6, 6.07) is 0. The van der Waals surface area contributed by atoms with Crippen LogP contribution in [0.1, 0.15) is 66.2 Å². The molecule has 0 radical (unpaired) electrons. The first kappa shape index (κ1) is 18.1. The largest absolute Gasteiger partial charge is 0.359 e. The topological polar surface area (TPSA) is 46.2 Å². The Bertz CT molecular complexity index is 276. The fraction of sp³-hybridized carbons (Fsp3) is 0.875. The summed E-state index contributed by atoms with van der Waals surface area (Å²) in [5, 5.41) is 2.73. The van der Waals surface area contributed by atoms with E-state index in [4.69, 9.17) is 0 Å². The third kappa shape index (κ3) is 6.74. The lowest BCUT2D eigenvalue weighted by molar-refractivity contribution is -0.125.